The maximum absolute atomic E-state index is 13.0. The summed E-state index contributed by atoms with van der Waals surface area (Å²) in [6.07, 6.45) is 5.21. The van der Waals surface area contributed by atoms with Crippen LogP contribution in [0.15, 0.2) is 42.0 Å². The molecule has 1 N–H and O–H groups in total. The number of nitrogens with one attached hydrogen (secondary N) is 1. The molecule has 1 saturated carbocycles. The van der Waals surface area contributed by atoms with Gasteiger partial charge >= 0.3 is 6.03 Å². The Balaban J connectivity index is 1.66. The lowest BCUT2D eigenvalue weighted by Crippen LogP contribution is -2.57. The van der Waals surface area contributed by atoms with E-state index in [1.165, 1.54) is 10.5 Å². The lowest BCUT2D eigenvalue weighted by Gasteiger charge is -2.31. The van der Waals surface area contributed by atoms with E-state index in [1.807, 2.05) is 38.1 Å². The highest BCUT2D eigenvalue weighted by Gasteiger charge is 2.40. The third-order valence-corrected chi connectivity index (χ3v) is 5.92. The predicted molar refractivity (Wildman–Crippen MR) is 110 cm³/mol. The minimum Gasteiger partial charge on any atom is -0.344 e. The summed E-state index contributed by atoms with van der Waals surface area (Å²) in [5, 5.41) is 2.34. The topological polar surface area (TPSA) is 71.4 Å². The first kappa shape index (κ1) is 19.2. The number of barbiturate groups is 1. The molecule has 1 saturated heterocycles. The number of imide groups is 2. The molecule has 0 unspecified atom stereocenters. The fraction of sp³-hybridized carbons (Fsp3) is 0.348. The molecule has 6 nitrogen and oxygen atoms in total. The molecule has 29 heavy (non-hydrogen) atoms. The number of hydrogen-bond donors (Lipinski definition) is 1. The largest absolute Gasteiger partial charge is 0.344 e. The van der Waals surface area contributed by atoms with Gasteiger partial charge in [-0.05, 0) is 50.0 Å². The number of aromatic nitrogens is 1. The molecule has 1 aliphatic heterocycles. The second-order valence-electron chi connectivity index (χ2n) is 7.83. The van der Waals surface area contributed by atoms with Crippen LogP contribution in [0.3, 0.4) is 0 Å². The number of hydrogen-bond acceptors (Lipinski definition) is 3. The van der Waals surface area contributed by atoms with Crippen LogP contribution in [-0.2, 0) is 16.1 Å². The fourth-order valence-corrected chi connectivity index (χ4v) is 4.30. The second-order valence-corrected chi connectivity index (χ2v) is 7.83. The quantitative estimate of drug-likeness (QED) is 0.640. The highest BCUT2D eigenvalue weighted by Crippen LogP contribution is 2.28. The minimum absolute atomic E-state index is 0.0245. The maximum Gasteiger partial charge on any atom is 0.331 e. The molecule has 6 heteroatoms. The molecule has 2 aliphatic rings. The van der Waals surface area contributed by atoms with Crippen molar-refractivity contribution in [3.63, 3.8) is 0 Å². The van der Waals surface area contributed by atoms with Crippen LogP contribution in [0.4, 0.5) is 4.79 Å². The summed E-state index contributed by atoms with van der Waals surface area (Å²) >= 11 is 0. The SMILES string of the molecule is Cc1cc(/C=C2\C(=O)NC(=O)N(C3CCCC3)C2=O)c(C)n1Cc1ccccc1. The molecule has 2 heterocycles. The second kappa shape index (κ2) is 7.70. The summed E-state index contributed by atoms with van der Waals surface area (Å²) in [7, 11) is 0. The monoisotopic (exact) mass is 391 g/mol. The number of aryl methyl sites for hydroxylation is 1. The van der Waals surface area contributed by atoms with Gasteiger partial charge in [0.1, 0.15) is 5.57 Å². The van der Waals surface area contributed by atoms with Gasteiger partial charge in [0.2, 0.25) is 0 Å². The highest BCUT2D eigenvalue weighted by atomic mass is 16.2. The first-order valence-corrected chi connectivity index (χ1v) is 10.1. The predicted octanol–water partition coefficient (Wildman–Crippen LogP) is 3.56. The van der Waals surface area contributed by atoms with Crippen molar-refractivity contribution >= 4 is 23.9 Å². The smallest absolute Gasteiger partial charge is 0.331 e. The number of urea groups is 1. The van der Waals surface area contributed by atoms with E-state index < -0.39 is 17.8 Å². The number of nitrogens with zero attached hydrogens (tertiary/aromatic N) is 2. The van der Waals surface area contributed by atoms with Gasteiger partial charge in [-0.3, -0.25) is 19.8 Å². The molecule has 1 aromatic heterocycles. The van der Waals surface area contributed by atoms with E-state index in [0.29, 0.717) is 6.54 Å². The molecule has 1 aliphatic carbocycles. The van der Waals surface area contributed by atoms with Gasteiger partial charge in [0.25, 0.3) is 11.8 Å². The van der Waals surface area contributed by atoms with Crippen LogP contribution in [0.25, 0.3) is 6.08 Å². The molecular weight excluding hydrogens is 366 g/mol. The van der Waals surface area contributed by atoms with Crippen molar-refractivity contribution in [1.82, 2.24) is 14.8 Å². The maximum atomic E-state index is 13.0. The molecule has 0 spiro atoms. The summed E-state index contributed by atoms with van der Waals surface area (Å²) in [5.74, 6) is -1.11. The molecule has 4 amide bonds. The van der Waals surface area contributed by atoms with Gasteiger partial charge in [-0.15, -0.1) is 0 Å². The van der Waals surface area contributed by atoms with Crippen molar-refractivity contribution < 1.29 is 14.4 Å². The van der Waals surface area contributed by atoms with Gasteiger partial charge in [-0.2, -0.15) is 0 Å². The number of benzene rings is 1. The van der Waals surface area contributed by atoms with Gasteiger partial charge in [0, 0.05) is 24.0 Å². The first-order valence-electron chi connectivity index (χ1n) is 10.1. The Morgan fingerprint density at radius 2 is 1.76 bits per heavy atom. The summed E-state index contributed by atoms with van der Waals surface area (Å²) in [4.78, 5) is 38.9. The van der Waals surface area contributed by atoms with Gasteiger partial charge in [-0.25, -0.2) is 4.79 Å². The van der Waals surface area contributed by atoms with Gasteiger partial charge < -0.3 is 4.57 Å². The molecule has 0 bridgehead atoms. The average molecular weight is 391 g/mol. The Labute approximate surface area is 170 Å². The zero-order valence-electron chi connectivity index (χ0n) is 16.8. The van der Waals surface area contributed by atoms with Crippen LogP contribution in [0.5, 0.6) is 0 Å². The van der Waals surface area contributed by atoms with Crippen LogP contribution >= 0.6 is 0 Å². The van der Waals surface area contributed by atoms with Gasteiger partial charge in [-0.1, -0.05) is 43.2 Å². The molecule has 1 aromatic carbocycles. The van der Waals surface area contributed by atoms with E-state index in [0.717, 1.165) is 42.6 Å². The molecular formula is C23H25N3O3. The van der Waals surface area contributed by atoms with E-state index in [4.69, 9.17) is 0 Å². The van der Waals surface area contributed by atoms with Crippen LogP contribution in [0.1, 0.15) is 48.2 Å². The first-order chi connectivity index (χ1) is 14.0. The van der Waals surface area contributed by atoms with Crippen molar-refractivity contribution in [2.75, 3.05) is 0 Å². The Bertz CT molecular complexity index is 998. The Morgan fingerprint density at radius 3 is 2.45 bits per heavy atom. The summed E-state index contributed by atoms with van der Waals surface area (Å²) < 4.78 is 2.16. The molecule has 150 valence electrons. The van der Waals surface area contributed by atoms with Crippen molar-refractivity contribution in [3.05, 3.63) is 64.5 Å². The van der Waals surface area contributed by atoms with Crippen LogP contribution in [0.2, 0.25) is 0 Å². The highest BCUT2D eigenvalue weighted by molar-refractivity contribution is 6.31. The summed E-state index contributed by atoms with van der Waals surface area (Å²) in [5.41, 5.74) is 4.04. The van der Waals surface area contributed by atoms with Gasteiger partial charge in [0.05, 0.1) is 0 Å². The van der Waals surface area contributed by atoms with Crippen molar-refractivity contribution in [1.29, 1.82) is 0 Å². The van der Waals surface area contributed by atoms with Crippen molar-refractivity contribution in [2.45, 2.75) is 52.1 Å². The Morgan fingerprint density at radius 1 is 1.07 bits per heavy atom. The Kier molecular flexibility index (Phi) is 5.09. The minimum atomic E-state index is -0.623. The lowest BCUT2D eigenvalue weighted by molar-refractivity contribution is -0.131. The zero-order chi connectivity index (χ0) is 20.5. The fourth-order valence-electron chi connectivity index (χ4n) is 4.30. The molecule has 2 fully saturated rings. The van der Waals surface area contributed by atoms with E-state index in [-0.39, 0.29) is 11.6 Å². The third kappa shape index (κ3) is 3.62. The van der Waals surface area contributed by atoms with E-state index in [9.17, 15) is 14.4 Å². The van der Waals surface area contributed by atoms with Crippen LogP contribution in [-0.4, -0.2) is 33.4 Å². The lowest BCUT2D eigenvalue weighted by atomic mass is 10.1. The van der Waals surface area contributed by atoms with Gasteiger partial charge in [0.15, 0.2) is 0 Å². The summed E-state index contributed by atoms with van der Waals surface area (Å²) in [6, 6.07) is 11.4. The standard InChI is InChI=1S/C23H25N3O3/c1-15-12-18(16(2)25(15)14-17-8-4-3-5-9-17)13-20-21(27)24-23(29)26(22(20)28)19-10-6-7-11-19/h3-5,8-9,12-13,19H,6-7,10-11,14H2,1-2H3,(H,24,27,29)/b20-13+. The normalized spacial score (nSPS) is 19.3. The third-order valence-electron chi connectivity index (χ3n) is 5.92. The number of amides is 4. The number of carbonyl (C=O) groups excluding carboxylic acids is 3. The van der Waals surface area contributed by atoms with Crippen molar-refractivity contribution in [2.24, 2.45) is 0 Å². The van der Waals surface area contributed by atoms with Crippen LogP contribution < -0.4 is 5.32 Å². The van der Waals surface area contributed by atoms with E-state index >= 15 is 0 Å². The number of carbonyl (C=O) groups is 3. The van der Waals surface area contributed by atoms with E-state index in [1.54, 1.807) is 6.08 Å². The summed E-state index contributed by atoms with van der Waals surface area (Å²) in [6.45, 7) is 4.71. The van der Waals surface area contributed by atoms with Crippen molar-refractivity contribution in [3.8, 4) is 0 Å². The molecule has 0 atom stereocenters. The molecule has 4 rings (SSSR count). The average Bonchev–Trinajstić information content (AvgIpc) is 3.30. The number of rotatable bonds is 4. The Hall–Kier alpha value is -3.15. The van der Waals surface area contributed by atoms with Crippen LogP contribution in [0, 0.1) is 13.8 Å². The molecule has 2 aromatic rings. The van der Waals surface area contributed by atoms with E-state index in [2.05, 4.69) is 22.0 Å². The zero-order valence-corrected chi connectivity index (χ0v) is 16.8. The molecule has 0 radical (unpaired) electrons.